The lowest BCUT2D eigenvalue weighted by molar-refractivity contribution is -0.138. The summed E-state index contributed by atoms with van der Waals surface area (Å²) in [6.45, 7) is 4.60. The van der Waals surface area contributed by atoms with E-state index in [4.69, 9.17) is 4.74 Å². The Kier molecular flexibility index (Phi) is 6.11. The van der Waals surface area contributed by atoms with Crippen molar-refractivity contribution in [2.45, 2.75) is 45.3 Å². The summed E-state index contributed by atoms with van der Waals surface area (Å²) < 4.78 is 44.7. The number of phenols is 1. The van der Waals surface area contributed by atoms with Crippen LogP contribution in [0.15, 0.2) is 28.8 Å². The number of halogens is 3. The topological polar surface area (TPSA) is 53.8 Å². The maximum Gasteiger partial charge on any atom is 0.419 e. The summed E-state index contributed by atoms with van der Waals surface area (Å²) in [5, 5.41) is 12.8. The molecule has 25 heavy (non-hydrogen) atoms. The van der Waals surface area contributed by atoms with Gasteiger partial charge in [-0.15, -0.1) is 0 Å². The van der Waals surface area contributed by atoms with Crippen LogP contribution in [0.1, 0.15) is 44.2 Å². The zero-order valence-electron chi connectivity index (χ0n) is 14.6. The van der Waals surface area contributed by atoms with Gasteiger partial charge in [0.25, 0.3) is 0 Å². The molecule has 0 aromatic heterocycles. The number of hydrogen-bond acceptors (Lipinski definition) is 4. The van der Waals surface area contributed by atoms with Crippen molar-refractivity contribution in [2.24, 2.45) is 4.99 Å². The van der Waals surface area contributed by atoms with Crippen molar-refractivity contribution < 1.29 is 23.0 Å². The lowest BCUT2D eigenvalue weighted by Crippen LogP contribution is -2.32. The minimum absolute atomic E-state index is 0.0381. The molecule has 0 amide bonds. The number of nitrogens with zero attached hydrogens (tertiary/aromatic N) is 1. The average Bonchev–Trinajstić information content (AvgIpc) is 3.09. The van der Waals surface area contributed by atoms with Crippen LogP contribution < -0.4 is 5.32 Å². The Morgan fingerprint density at radius 1 is 1.40 bits per heavy atom. The molecule has 1 aliphatic rings. The maximum atomic E-state index is 13.1. The quantitative estimate of drug-likeness (QED) is 0.623. The molecule has 138 valence electrons. The summed E-state index contributed by atoms with van der Waals surface area (Å²) in [4.78, 5) is 4.53. The molecule has 1 atom stereocenters. The van der Waals surface area contributed by atoms with Crippen molar-refractivity contribution in [3.8, 4) is 5.75 Å². The van der Waals surface area contributed by atoms with Gasteiger partial charge < -0.3 is 15.2 Å². The Bertz CT molecular complexity index is 675. The third-order valence-corrected chi connectivity index (χ3v) is 4.30. The SMILES string of the molecule is CC/C(C)=C(/N=C(OC)C1CCCN1)c1ccc(O)c(C(F)(F)F)c1. The normalized spacial score (nSPS) is 19.8. The Balaban J connectivity index is 2.52. The van der Waals surface area contributed by atoms with E-state index in [2.05, 4.69) is 10.3 Å². The molecule has 2 N–H and O–H groups in total. The molecule has 0 bridgehead atoms. The fourth-order valence-electron chi connectivity index (χ4n) is 2.76. The molecule has 7 heteroatoms. The van der Waals surface area contributed by atoms with Crippen LogP contribution in [0.3, 0.4) is 0 Å². The Morgan fingerprint density at radius 3 is 2.64 bits per heavy atom. The van der Waals surface area contributed by atoms with Crippen molar-refractivity contribution in [2.75, 3.05) is 13.7 Å². The molecule has 0 saturated carbocycles. The van der Waals surface area contributed by atoms with E-state index < -0.39 is 17.5 Å². The smallest absolute Gasteiger partial charge is 0.419 e. The summed E-state index contributed by atoms with van der Waals surface area (Å²) in [6, 6.07) is 3.39. The average molecular weight is 356 g/mol. The van der Waals surface area contributed by atoms with Crippen LogP contribution in [0.4, 0.5) is 13.2 Å². The van der Waals surface area contributed by atoms with Gasteiger partial charge in [0.05, 0.1) is 24.4 Å². The number of nitrogens with one attached hydrogen (secondary N) is 1. The van der Waals surface area contributed by atoms with Crippen molar-refractivity contribution in [1.82, 2.24) is 5.32 Å². The second kappa shape index (κ2) is 7.91. The van der Waals surface area contributed by atoms with Gasteiger partial charge >= 0.3 is 6.18 Å². The lowest BCUT2D eigenvalue weighted by atomic mass is 10.0. The van der Waals surface area contributed by atoms with E-state index in [9.17, 15) is 18.3 Å². The highest BCUT2D eigenvalue weighted by Gasteiger charge is 2.34. The summed E-state index contributed by atoms with van der Waals surface area (Å²) in [5.41, 5.74) is 0.515. The fourth-order valence-corrected chi connectivity index (χ4v) is 2.76. The molecule has 0 spiro atoms. The van der Waals surface area contributed by atoms with Crippen molar-refractivity contribution in [1.29, 1.82) is 0 Å². The molecule has 1 aromatic rings. The van der Waals surface area contributed by atoms with Gasteiger partial charge in [-0.3, -0.25) is 0 Å². The Labute approximate surface area is 145 Å². The molecule has 4 nitrogen and oxygen atoms in total. The standard InChI is InChI=1S/C18H23F3N2O2/c1-4-11(2)16(23-17(25-3)14-6-5-9-22-14)12-7-8-15(24)13(10-12)18(19,20)21/h7-8,10,14,22,24H,4-6,9H2,1-3H3/b16-11+,23-17?. The predicted molar refractivity (Wildman–Crippen MR) is 91.5 cm³/mol. The number of hydrogen-bond donors (Lipinski definition) is 2. The zero-order chi connectivity index (χ0) is 18.6. The number of methoxy groups -OCH3 is 1. The zero-order valence-corrected chi connectivity index (χ0v) is 14.6. The van der Waals surface area contributed by atoms with Crippen LogP contribution in [-0.2, 0) is 10.9 Å². The van der Waals surface area contributed by atoms with Crippen molar-refractivity contribution in [3.05, 3.63) is 34.9 Å². The van der Waals surface area contributed by atoms with Gasteiger partial charge in [-0.25, -0.2) is 4.99 Å². The van der Waals surface area contributed by atoms with Gasteiger partial charge in [0.1, 0.15) is 5.75 Å². The van der Waals surface area contributed by atoms with E-state index in [1.54, 1.807) is 0 Å². The lowest BCUT2D eigenvalue weighted by Gasteiger charge is -2.16. The molecule has 1 fully saturated rings. The van der Waals surface area contributed by atoms with Gasteiger partial charge in [0.15, 0.2) is 0 Å². The molecule has 2 rings (SSSR count). The van der Waals surface area contributed by atoms with Crippen LogP contribution >= 0.6 is 0 Å². The van der Waals surface area contributed by atoms with Gasteiger partial charge in [-0.1, -0.05) is 6.92 Å². The largest absolute Gasteiger partial charge is 0.507 e. The first-order valence-electron chi connectivity index (χ1n) is 8.24. The number of phenolic OH excluding ortho intramolecular Hbond substituents is 1. The molecule has 1 saturated heterocycles. The summed E-state index contributed by atoms with van der Waals surface area (Å²) in [6.07, 6.45) is -2.13. The van der Waals surface area contributed by atoms with Crippen LogP contribution in [0.5, 0.6) is 5.75 Å². The van der Waals surface area contributed by atoms with E-state index in [0.717, 1.165) is 37.1 Å². The van der Waals surface area contributed by atoms with E-state index in [0.29, 0.717) is 23.6 Å². The monoisotopic (exact) mass is 356 g/mol. The fraction of sp³-hybridized carbons (Fsp3) is 0.500. The number of aromatic hydroxyl groups is 1. The van der Waals surface area contributed by atoms with E-state index >= 15 is 0 Å². The first-order valence-corrected chi connectivity index (χ1v) is 8.24. The van der Waals surface area contributed by atoms with Crippen molar-refractivity contribution in [3.63, 3.8) is 0 Å². The van der Waals surface area contributed by atoms with Gasteiger partial charge in [-0.2, -0.15) is 13.2 Å². The van der Waals surface area contributed by atoms with Crippen LogP contribution in [0.2, 0.25) is 0 Å². The number of aliphatic imine (C=N–C) groups is 1. The van der Waals surface area contributed by atoms with Crippen LogP contribution in [0.25, 0.3) is 5.70 Å². The summed E-state index contributed by atoms with van der Waals surface area (Å²) in [7, 11) is 1.51. The number of benzene rings is 1. The molecule has 1 heterocycles. The van der Waals surface area contributed by atoms with Gasteiger partial charge in [0.2, 0.25) is 5.90 Å². The highest BCUT2D eigenvalue weighted by atomic mass is 19.4. The Morgan fingerprint density at radius 2 is 2.12 bits per heavy atom. The molecule has 1 aliphatic heterocycles. The van der Waals surface area contributed by atoms with Crippen LogP contribution in [-0.4, -0.2) is 30.7 Å². The summed E-state index contributed by atoms with van der Waals surface area (Å²) >= 11 is 0. The van der Waals surface area contributed by atoms with E-state index in [1.807, 2.05) is 13.8 Å². The summed E-state index contributed by atoms with van der Waals surface area (Å²) in [5.74, 6) is -0.333. The third kappa shape index (κ3) is 4.54. The molecule has 0 aliphatic carbocycles. The molecule has 0 radical (unpaired) electrons. The minimum atomic E-state index is -4.63. The highest BCUT2D eigenvalue weighted by Crippen LogP contribution is 2.38. The van der Waals surface area contributed by atoms with E-state index in [-0.39, 0.29) is 6.04 Å². The molecular formula is C18H23F3N2O2. The number of ether oxygens (including phenoxy) is 1. The predicted octanol–water partition coefficient (Wildman–Crippen LogP) is 4.35. The first-order chi connectivity index (χ1) is 11.8. The molecule has 1 aromatic carbocycles. The van der Waals surface area contributed by atoms with Crippen LogP contribution in [0, 0.1) is 0 Å². The van der Waals surface area contributed by atoms with Gasteiger partial charge in [-0.05, 0) is 56.5 Å². The number of alkyl halides is 3. The number of allylic oxidation sites excluding steroid dienone is 1. The van der Waals surface area contributed by atoms with Crippen molar-refractivity contribution >= 4 is 11.6 Å². The molecule has 1 unspecified atom stereocenters. The second-order valence-corrected chi connectivity index (χ2v) is 6.02. The second-order valence-electron chi connectivity index (χ2n) is 6.02. The Hall–Kier alpha value is -2.02. The van der Waals surface area contributed by atoms with Gasteiger partial charge in [0, 0.05) is 5.56 Å². The first kappa shape index (κ1) is 19.3. The highest BCUT2D eigenvalue weighted by molar-refractivity contribution is 5.88. The number of rotatable bonds is 4. The third-order valence-electron chi connectivity index (χ3n) is 4.30. The molecular weight excluding hydrogens is 333 g/mol. The maximum absolute atomic E-state index is 13.1. The van der Waals surface area contributed by atoms with E-state index in [1.165, 1.54) is 13.2 Å². The minimum Gasteiger partial charge on any atom is -0.507 e.